The van der Waals surface area contributed by atoms with E-state index in [1.807, 2.05) is 12.3 Å². The number of carbonyl (C=O) groups excluding carboxylic acids is 1. The standard InChI is InChI=1S/C20H21Cl2N5O3S/c1-31-26-20-24-6-2-17(25-20)30-15-3-7-27(8-4-15)19(28)13-10-14(12-23)18(16(22)11-13)29-9-5-21/h2,6,10-11,15H,3-5,7-9H2,1H3,(H,24,25,26). The molecule has 0 radical (unpaired) electrons. The van der Waals surface area contributed by atoms with Gasteiger partial charge in [0.2, 0.25) is 11.8 Å². The quantitative estimate of drug-likeness (QED) is 0.445. The number of anilines is 1. The lowest BCUT2D eigenvalue weighted by Crippen LogP contribution is -2.41. The van der Waals surface area contributed by atoms with E-state index in [-0.39, 0.29) is 40.8 Å². The molecule has 0 aliphatic carbocycles. The van der Waals surface area contributed by atoms with Gasteiger partial charge in [0.1, 0.15) is 18.8 Å². The fourth-order valence-corrected chi connectivity index (χ4v) is 3.80. The molecular formula is C20H21Cl2N5O3S. The lowest BCUT2D eigenvalue weighted by molar-refractivity contribution is 0.0588. The number of alkyl halides is 1. The van der Waals surface area contributed by atoms with Gasteiger partial charge in [0, 0.05) is 50.0 Å². The Bertz CT molecular complexity index is 964. The van der Waals surface area contributed by atoms with Crippen LogP contribution in [0.25, 0.3) is 0 Å². The zero-order chi connectivity index (χ0) is 22.2. The fourth-order valence-electron chi connectivity index (χ4n) is 3.17. The van der Waals surface area contributed by atoms with Gasteiger partial charge in [0.15, 0.2) is 5.75 Å². The number of likely N-dealkylation sites (tertiary alicyclic amines) is 1. The molecule has 1 amide bonds. The summed E-state index contributed by atoms with van der Waals surface area (Å²) < 4.78 is 14.4. The number of halogens is 2. The minimum absolute atomic E-state index is 0.0503. The van der Waals surface area contributed by atoms with Crippen molar-refractivity contribution in [2.24, 2.45) is 0 Å². The number of aromatic nitrogens is 2. The first-order valence-corrected chi connectivity index (χ1v) is 11.7. The number of amides is 1. The first-order valence-electron chi connectivity index (χ1n) is 9.56. The van der Waals surface area contributed by atoms with Gasteiger partial charge < -0.3 is 14.4 Å². The maximum absolute atomic E-state index is 13.0. The summed E-state index contributed by atoms with van der Waals surface area (Å²) in [7, 11) is 0. The second-order valence-electron chi connectivity index (χ2n) is 6.62. The van der Waals surface area contributed by atoms with E-state index in [0.717, 1.165) is 0 Å². The van der Waals surface area contributed by atoms with E-state index in [9.17, 15) is 10.1 Å². The summed E-state index contributed by atoms with van der Waals surface area (Å²) in [5.41, 5.74) is 0.556. The van der Waals surface area contributed by atoms with Crippen LogP contribution in [0.1, 0.15) is 28.8 Å². The molecule has 164 valence electrons. The van der Waals surface area contributed by atoms with E-state index in [4.69, 9.17) is 32.7 Å². The van der Waals surface area contributed by atoms with Crippen LogP contribution in [0.2, 0.25) is 5.02 Å². The number of ether oxygens (including phenoxy) is 2. The highest BCUT2D eigenvalue weighted by atomic mass is 35.5. The number of nitrogens with one attached hydrogen (secondary N) is 1. The van der Waals surface area contributed by atoms with Gasteiger partial charge in [-0.25, -0.2) is 4.98 Å². The average Bonchev–Trinajstić information content (AvgIpc) is 2.78. The highest BCUT2D eigenvalue weighted by molar-refractivity contribution is 7.99. The van der Waals surface area contributed by atoms with Gasteiger partial charge in [-0.05, 0) is 12.1 Å². The van der Waals surface area contributed by atoms with Crippen LogP contribution in [-0.2, 0) is 0 Å². The molecule has 0 bridgehead atoms. The average molecular weight is 482 g/mol. The Morgan fingerprint density at radius 1 is 1.42 bits per heavy atom. The molecule has 31 heavy (non-hydrogen) atoms. The van der Waals surface area contributed by atoms with Crippen LogP contribution in [0.15, 0.2) is 24.4 Å². The molecule has 1 saturated heterocycles. The molecule has 1 N–H and O–H groups in total. The van der Waals surface area contributed by atoms with Gasteiger partial charge >= 0.3 is 0 Å². The van der Waals surface area contributed by atoms with Crippen molar-refractivity contribution in [3.63, 3.8) is 0 Å². The predicted molar refractivity (Wildman–Crippen MR) is 121 cm³/mol. The summed E-state index contributed by atoms with van der Waals surface area (Å²) >= 11 is 13.3. The molecule has 3 rings (SSSR count). The van der Waals surface area contributed by atoms with Crippen molar-refractivity contribution in [2.75, 3.05) is 36.6 Å². The van der Waals surface area contributed by atoms with Crippen LogP contribution in [0.5, 0.6) is 11.6 Å². The van der Waals surface area contributed by atoms with E-state index in [1.54, 1.807) is 17.2 Å². The van der Waals surface area contributed by atoms with Crippen molar-refractivity contribution in [1.82, 2.24) is 14.9 Å². The predicted octanol–water partition coefficient (Wildman–Crippen LogP) is 3.99. The summed E-state index contributed by atoms with van der Waals surface area (Å²) in [5.74, 6) is 1.31. The van der Waals surface area contributed by atoms with Gasteiger partial charge in [0.05, 0.1) is 16.5 Å². The molecule has 0 atom stereocenters. The van der Waals surface area contributed by atoms with Crippen LogP contribution >= 0.6 is 35.1 Å². The van der Waals surface area contributed by atoms with Crippen molar-refractivity contribution < 1.29 is 14.3 Å². The lowest BCUT2D eigenvalue weighted by atomic mass is 10.0. The summed E-state index contributed by atoms with van der Waals surface area (Å²) in [6, 6.07) is 6.77. The number of rotatable bonds is 8. The Kier molecular flexibility index (Phi) is 8.46. The van der Waals surface area contributed by atoms with Gasteiger partial charge in [0.25, 0.3) is 5.91 Å². The third-order valence-electron chi connectivity index (χ3n) is 4.57. The number of benzene rings is 1. The minimum Gasteiger partial charge on any atom is -0.489 e. The van der Waals surface area contributed by atoms with E-state index >= 15 is 0 Å². The Labute approximate surface area is 195 Å². The number of carbonyl (C=O) groups is 1. The lowest BCUT2D eigenvalue weighted by Gasteiger charge is -2.32. The molecule has 0 unspecified atom stereocenters. The second-order valence-corrected chi connectivity index (χ2v) is 8.02. The molecule has 2 heterocycles. The molecule has 0 spiro atoms. The van der Waals surface area contributed by atoms with Crippen LogP contribution in [0, 0.1) is 11.3 Å². The molecule has 1 aromatic heterocycles. The van der Waals surface area contributed by atoms with Crippen molar-refractivity contribution >= 4 is 47.0 Å². The Hall–Kier alpha value is -2.41. The van der Waals surface area contributed by atoms with Crippen molar-refractivity contribution in [3.8, 4) is 17.7 Å². The van der Waals surface area contributed by atoms with Gasteiger partial charge in [-0.1, -0.05) is 23.5 Å². The number of piperidine rings is 1. The summed E-state index contributed by atoms with van der Waals surface area (Å²) in [5, 5.41) is 9.62. The van der Waals surface area contributed by atoms with Crippen LogP contribution in [-0.4, -0.2) is 58.7 Å². The molecular weight excluding hydrogens is 461 g/mol. The van der Waals surface area contributed by atoms with Gasteiger partial charge in [-0.15, -0.1) is 11.6 Å². The first-order chi connectivity index (χ1) is 15.0. The van der Waals surface area contributed by atoms with E-state index in [1.165, 1.54) is 24.1 Å². The van der Waals surface area contributed by atoms with Crippen molar-refractivity contribution in [1.29, 1.82) is 5.26 Å². The van der Waals surface area contributed by atoms with Gasteiger partial charge in [-0.3, -0.25) is 9.52 Å². The normalized spacial score (nSPS) is 14.1. The molecule has 2 aromatic rings. The molecule has 1 aliphatic heterocycles. The maximum Gasteiger partial charge on any atom is 0.253 e. The smallest absolute Gasteiger partial charge is 0.253 e. The molecule has 1 aliphatic rings. The van der Waals surface area contributed by atoms with Crippen LogP contribution < -0.4 is 14.2 Å². The Morgan fingerprint density at radius 3 is 2.87 bits per heavy atom. The van der Waals surface area contributed by atoms with Crippen molar-refractivity contribution in [3.05, 3.63) is 40.5 Å². The number of hydrogen-bond acceptors (Lipinski definition) is 8. The monoisotopic (exact) mass is 481 g/mol. The number of hydrogen-bond donors (Lipinski definition) is 1. The second kappa shape index (κ2) is 11.3. The SMILES string of the molecule is CSNc1nccc(OC2CCN(C(=O)c3cc(Cl)c(OCCCl)c(C#N)c3)CC2)n1. The highest BCUT2D eigenvalue weighted by Crippen LogP contribution is 2.31. The summed E-state index contributed by atoms with van der Waals surface area (Å²) in [4.78, 5) is 23.1. The van der Waals surface area contributed by atoms with Crippen molar-refractivity contribution in [2.45, 2.75) is 18.9 Å². The summed E-state index contributed by atoms with van der Waals surface area (Å²) in [6.45, 7) is 1.26. The third-order valence-corrected chi connectivity index (χ3v) is 5.40. The largest absolute Gasteiger partial charge is 0.489 e. The first kappa shape index (κ1) is 23.3. The summed E-state index contributed by atoms with van der Waals surface area (Å²) in [6.07, 6.45) is 4.80. The molecule has 11 heteroatoms. The number of nitriles is 1. The molecule has 0 saturated carbocycles. The van der Waals surface area contributed by atoms with Crippen LogP contribution in [0.4, 0.5) is 5.95 Å². The zero-order valence-electron chi connectivity index (χ0n) is 16.8. The topological polar surface area (TPSA) is 100 Å². The Balaban J connectivity index is 1.62. The molecule has 1 aromatic carbocycles. The zero-order valence-corrected chi connectivity index (χ0v) is 19.1. The van der Waals surface area contributed by atoms with E-state index in [2.05, 4.69) is 14.7 Å². The highest BCUT2D eigenvalue weighted by Gasteiger charge is 2.26. The fraction of sp³-hybridized carbons (Fsp3) is 0.400. The molecule has 8 nitrogen and oxygen atoms in total. The minimum atomic E-state index is -0.186. The van der Waals surface area contributed by atoms with Crippen LogP contribution in [0.3, 0.4) is 0 Å². The maximum atomic E-state index is 13.0. The molecule has 1 fully saturated rings. The van der Waals surface area contributed by atoms with Gasteiger partial charge in [-0.2, -0.15) is 10.2 Å². The number of nitrogens with zero attached hydrogens (tertiary/aromatic N) is 4. The third kappa shape index (κ3) is 6.06. The van der Waals surface area contributed by atoms with E-state index < -0.39 is 0 Å². The van der Waals surface area contributed by atoms with E-state index in [0.29, 0.717) is 43.3 Å². The Morgan fingerprint density at radius 2 is 2.19 bits per heavy atom.